The van der Waals surface area contributed by atoms with Gasteiger partial charge in [0.1, 0.15) is 11.5 Å². The van der Waals surface area contributed by atoms with Crippen LogP contribution in [0, 0.1) is 0 Å². The fourth-order valence-electron chi connectivity index (χ4n) is 2.08. The highest BCUT2D eigenvalue weighted by atomic mass is 35.5. The third kappa shape index (κ3) is 4.78. The molecule has 6 heteroatoms. The molecule has 23 heavy (non-hydrogen) atoms. The van der Waals surface area contributed by atoms with Crippen molar-refractivity contribution in [3.8, 4) is 11.5 Å². The molecule has 1 amide bonds. The molecule has 0 aliphatic rings. The Morgan fingerprint density at radius 3 is 2.35 bits per heavy atom. The van der Waals surface area contributed by atoms with E-state index in [4.69, 9.17) is 32.7 Å². The van der Waals surface area contributed by atoms with E-state index >= 15 is 0 Å². The number of methoxy groups -OCH3 is 2. The molecule has 0 aliphatic carbocycles. The normalized spacial score (nSPS) is 10.3. The molecule has 0 saturated heterocycles. The number of amides is 1. The van der Waals surface area contributed by atoms with Gasteiger partial charge in [0, 0.05) is 12.5 Å². The van der Waals surface area contributed by atoms with E-state index in [1.807, 2.05) is 12.1 Å². The Hall–Kier alpha value is -1.91. The molecule has 1 N–H and O–H groups in total. The number of rotatable bonds is 6. The second kappa shape index (κ2) is 8.09. The molecule has 0 atom stereocenters. The van der Waals surface area contributed by atoms with Crippen molar-refractivity contribution in [2.75, 3.05) is 19.5 Å². The zero-order valence-corrected chi connectivity index (χ0v) is 14.4. The Labute approximate surface area is 145 Å². The zero-order valence-electron chi connectivity index (χ0n) is 12.9. The molecule has 0 fully saturated rings. The summed E-state index contributed by atoms with van der Waals surface area (Å²) in [5.41, 5.74) is 1.46. The van der Waals surface area contributed by atoms with Crippen molar-refractivity contribution in [3.63, 3.8) is 0 Å². The van der Waals surface area contributed by atoms with Crippen LogP contribution in [0.2, 0.25) is 10.0 Å². The van der Waals surface area contributed by atoms with Crippen molar-refractivity contribution >= 4 is 34.8 Å². The topological polar surface area (TPSA) is 47.6 Å². The highest BCUT2D eigenvalue weighted by molar-refractivity contribution is 6.43. The average molecular weight is 354 g/mol. The SMILES string of the molecule is COc1cc(CCC(=O)Nc2cccc(Cl)c2Cl)cc(OC)c1. The first kappa shape index (κ1) is 17.4. The number of hydrogen-bond acceptors (Lipinski definition) is 3. The molecular weight excluding hydrogens is 337 g/mol. The molecule has 122 valence electrons. The standard InChI is InChI=1S/C17H17Cl2NO3/c1-22-12-8-11(9-13(10-12)23-2)6-7-16(21)20-15-5-3-4-14(18)17(15)19/h3-5,8-10H,6-7H2,1-2H3,(H,20,21). The third-order valence-electron chi connectivity index (χ3n) is 3.28. The Morgan fingerprint density at radius 2 is 1.74 bits per heavy atom. The van der Waals surface area contributed by atoms with Gasteiger partial charge in [-0.1, -0.05) is 29.3 Å². The smallest absolute Gasteiger partial charge is 0.224 e. The first-order chi connectivity index (χ1) is 11.0. The first-order valence-corrected chi connectivity index (χ1v) is 7.75. The molecule has 0 bridgehead atoms. The number of hydrogen-bond donors (Lipinski definition) is 1. The van der Waals surface area contributed by atoms with Gasteiger partial charge >= 0.3 is 0 Å². The number of aryl methyl sites for hydroxylation is 1. The average Bonchev–Trinajstić information content (AvgIpc) is 2.56. The van der Waals surface area contributed by atoms with E-state index in [-0.39, 0.29) is 5.91 Å². The molecule has 0 radical (unpaired) electrons. The van der Waals surface area contributed by atoms with Gasteiger partial charge in [-0.15, -0.1) is 0 Å². The summed E-state index contributed by atoms with van der Waals surface area (Å²) >= 11 is 12.0. The maximum atomic E-state index is 12.1. The lowest BCUT2D eigenvalue weighted by Gasteiger charge is -2.10. The van der Waals surface area contributed by atoms with Gasteiger partial charge in [-0.05, 0) is 36.2 Å². The molecular formula is C17H17Cl2NO3. The summed E-state index contributed by atoms with van der Waals surface area (Å²) in [6.45, 7) is 0. The van der Waals surface area contributed by atoms with Gasteiger partial charge in [0.05, 0.1) is 30.0 Å². The van der Waals surface area contributed by atoms with Crippen molar-refractivity contribution in [3.05, 3.63) is 52.0 Å². The van der Waals surface area contributed by atoms with E-state index in [1.165, 1.54) is 0 Å². The Balaban J connectivity index is 2.00. The van der Waals surface area contributed by atoms with Crippen molar-refractivity contribution < 1.29 is 14.3 Å². The van der Waals surface area contributed by atoms with Crippen LogP contribution in [0.3, 0.4) is 0 Å². The van der Waals surface area contributed by atoms with Crippen LogP contribution in [0.15, 0.2) is 36.4 Å². The van der Waals surface area contributed by atoms with Gasteiger partial charge in [0.15, 0.2) is 0 Å². The summed E-state index contributed by atoms with van der Waals surface area (Å²) in [4.78, 5) is 12.1. The molecule has 0 aliphatic heterocycles. The number of carbonyl (C=O) groups is 1. The summed E-state index contributed by atoms with van der Waals surface area (Å²) in [5, 5.41) is 3.50. The molecule has 0 spiro atoms. The fourth-order valence-corrected chi connectivity index (χ4v) is 2.43. The third-order valence-corrected chi connectivity index (χ3v) is 4.10. The predicted molar refractivity (Wildman–Crippen MR) is 93.0 cm³/mol. The number of nitrogens with one attached hydrogen (secondary N) is 1. The lowest BCUT2D eigenvalue weighted by Crippen LogP contribution is -2.12. The maximum Gasteiger partial charge on any atom is 0.224 e. The lowest BCUT2D eigenvalue weighted by atomic mass is 10.1. The van der Waals surface area contributed by atoms with E-state index in [2.05, 4.69) is 5.32 Å². The van der Waals surface area contributed by atoms with E-state index in [0.717, 1.165) is 5.56 Å². The van der Waals surface area contributed by atoms with Crippen LogP contribution >= 0.6 is 23.2 Å². The fraction of sp³-hybridized carbons (Fsp3) is 0.235. The van der Waals surface area contributed by atoms with Crippen molar-refractivity contribution in [2.24, 2.45) is 0 Å². The van der Waals surface area contributed by atoms with Gasteiger partial charge in [-0.2, -0.15) is 0 Å². The quantitative estimate of drug-likeness (QED) is 0.826. The number of anilines is 1. The number of ether oxygens (including phenoxy) is 2. The summed E-state index contributed by atoms with van der Waals surface area (Å²) in [6.07, 6.45) is 0.858. The van der Waals surface area contributed by atoms with Crippen LogP contribution in [0.25, 0.3) is 0 Å². The Morgan fingerprint density at radius 1 is 1.09 bits per heavy atom. The molecule has 4 nitrogen and oxygen atoms in total. The van der Waals surface area contributed by atoms with Gasteiger partial charge in [0.25, 0.3) is 0 Å². The minimum atomic E-state index is -0.143. The minimum Gasteiger partial charge on any atom is -0.497 e. The second-order valence-electron chi connectivity index (χ2n) is 4.87. The van der Waals surface area contributed by atoms with Gasteiger partial charge < -0.3 is 14.8 Å². The van der Waals surface area contributed by atoms with Crippen molar-refractivity contribution in [2.45, 2.75) is 12.8 Å². The highest BCUT2D eigenvalue weighted by Crippen LogP contribution is 2.29. The summed E-state index contributed by atoms with van der Waals surface area (Å²) in [5.74, 6) is 1.24. The first-order valence-electron chi connectivity index (χ1n) is 6.99. The van der Waals surface area contributed by atoms with E-state index in [1.54, 1.807) is 38.5 Å². The van der Waals surface area contributed by atoms with Crippen LogP contribution < -0.4 is 14.8 Å². The van der Waals surface area contributed by atoms with Crippen LogP contribution in [0.4, 0.5) is 5.69 Å². The summed E-state index contributed by atoms with van der Waals surface area (Å²) in [7, 11) is 3.18. The molecule has 0 saturated carbocycles. The van der Waals surface area contributed by atoms with Crippen LogP contribution in [0.5, 0.6) is 11.5 Å². The molecule has 0 aromatic heterocycles. The summed E-state index contributed by atoms with van der Waals surface area (Å²) < 4.78 is 10.4. The Bertz CT molecular complexity index is 682. The van der Waals surface area contributed by atoms with Gasteiger partial charge in [0.2, 0.25) is 5.91 Å². The van der Waals surface area contributed by atoms with Gasteiger partial charge in [-0.3, -0.25) is 4.79 Å². The summed E-state index contributed by atoms with van der Waals surface area (Å²) in [6, 6.07) is 10.7. The van der Waals surface area contributed by atoms with Crippen molar-refractivity contribution in [1.29, 1.82) is 0 Å². The monoisotopic (exact) mass is 353 g/mol. The van der Waals surface area contributed by atoms with E-state index in [9.17, 15) is 4.79 Å². The van der Waals surface area contributed by atoms with Crippen LogP contribution in [-0.2, 0) is 11.2 Å². The van der Waals surface area contributed by atoms with Crippen LogP contribution in [-0.4, -0.2) is 20.1 Å². The van der Waals surface area contributed by atoms with Gasteiger partial charge in [-0.25, -0.2) is 0 Å². The van der Waals surface area contributed by atoms with E-state index < -0.39 is 0 Å². The number of halogens is 2. The van der Waals surface area contributed by atoms with Crippen LogP contribution in [0.1, 0.15) is 12.0 Å². The maximum absolute atomic E-state index is 12.1. The lowest BCUT2D eigenvalue weighted by molar-refractivity contribution is -0.116. The highest BCUT2D eigenvalue weighted by Gasteiger charge is 2.09. The number of benzene rings is 2. The Kier molecular flexibility index (Phi) is 6.13. The molecule has 2 rings (SSSR count). The molecule has 2 aromatic rings. The number of carbonyl (C=O) groups excluding carboxylic acids is 1. The molecule has 0 unspecified atom stereocenters. The zero-order chi connectivity index (χ0) is 16.8. The molecule has 2 aromatic carbocycles. The largest absolute Gasteiger partial charge is 0.497 e. The second-order valence-corrected chi connectivity index (χ2v) is 5.66. The minimum absolute atomic E-state index is 0.143. The predicted octanol–water partition coefficient (Wildman–Crippen LogP) is 4.58. The van der Waals surface area contributed by atoms with Crippen molar-refractivity contribution in [1.82, 2.24) is 0 Å². The van der Waals surface area contributed by atoms with E-state index in [0.29, 0.717) is 40.1 Å². The molecule has 0 heterocycles.